The average Bonchev–Trinajstić information content (AvgIpc) is 2.41. The molecule has 0 aliphatic rings. The fraction of sp³-hybridized carbons (Fsp3) is 0. The summed E-state index contributed by atoms with van der Waals surface area (Å²) in [5.41, 5.74) is 6.55. The summed E-state index contributed by atoms with van der Waals surface area (Å²) >= 11 is 5.85. The second kappa shape index (κ2) is 5.72. The maximum Gasteiger partial charge on any atom is 0.257 e. The Balaban J connectivity index is 2.22. The first-order valence-electron chi connectivity index (χ1n) is 5.77. The van der Waals surface area contributed by atoms with Crippen LogP contribution in [0, 0.1) is 0 Å². The van der Waals surface area contributed by atoms with Crippen LogP contribution in [-0.4, -0.2) is 14.3 Å². The van der Waals surface area contributed by atoms with E-state index in [1.807, 2.05) is 0 Å². The summed E-state index contributed by atoms with van der Waals surface area (Å²) in [6.45, 7) is 0. The summed E-state index contributed by atoms with van der Waals surface area (Å²) in [6, 6.07) is 10.2. The fourth-order valence-corrected chi connectivity index (χ4v) is 2.35. The number of nitrogen functional groups attached to an aromatic ring is 1. The van der Waals surface area contributed by atoms with E-state index in [0.29, 0.717) is 5.69 Å². The molecule has 2 aromatic carbocycles. The number of anilines is 2. The van der Waals surface area contributed by atoms with Gasteiger partial charge in [0.1, 0.15) is 0 Å². The summed E-state index contributed by atoms with van der Waals surface area (Å²) in [5.74, 6) is -0.446. The molecule has 0 aliphatic heterocycles. The van der Waals surface area contributed by atoms with Crippen molar-refractivity contribution in [2.75, 3.05) is 11.1 Å². The van der Waals surface area contributed by atoms with Gasteiger partial charge in [-0.3, -0.25) is 4.79 Å². The fourth-order valence-electron chi connectivity index (χ4n) is 1.66. The van der Waals surface area contributed by atoms with Gasteiger partial charge in [0, 0.05) is 5.69 Å². The molecule has 2 aromatic rings. The summed E-state index contributed by atoms with van der Waals surface area (Å²) in [7, 11) is -3.76. The van der Waals surface area contributed by atoms with Crippen LogP contribution in [0.1, 0.15) is 10.4 Å². The number of halogens is 1. The zero-order valence-corrected chi connectivity index (χ0v) is 12.3. The lowest BCUT2D eigenvalue weighted by atomic mass is 10.1. The van der Waals surface area contributed by atoms with Crippen LogP contribution in [0.3, 0.4) is 0 Å². The molecule has 0 bridgehead atoms. The average molecular weight is 326 g/mol. The van der Waals surface area contributed by atoms with Gasteiger partial charge >= 0.3 is 0 Å². The van der Waals surface area contributed by atoms with E-state index in [4.69, 9.17) is 22.5 Å². The molecule has 2 rings (SSSR count). The number of para-hydroxylation sites is 1. The highest BCUT2D eigenvalue weighted by Gasteiger charge is 2.13. The number of benzene rings is 2. The largest absolute Gasteiger partial charge is 0.397 e. The number of amides is 1. The predicted octanol–water partition coefficient (Wildman–Crippen LogP) is 1.82. The molecule has 8 heteroatoms. The molecule has 0 heterocycles. The third kappa shape index (κ3) is 3.52. The Bertz CT molecular complexity index is 789. The number of nitrogens with one attached hydrogen (secondary N) is 1. The smallest absolute Gasteiger partial charge is 0.257 e. The van der Waals surface area contributed by atoms with E-state index in [1.54, 1.807) is 12.1 Å². The Morgan fingerprint density at radius 2 is 1.71 bits per heavy atom. The molecule has 0 saturated heterocycles. The van der Waals surface area contributed by atoms with Gasteiger partial charge < -0.3 is 11.1 Å². The zero-order chi connectivity index (χ0) is 15.6. The third-order valence-electron chi connectivity index (χ3n) is 2.74. The number of rotatable bonds is 3. The molecular formula is C13H12ClN3O3S. The summed E-state index contributed by atoms with van der Waals surface area (Å²) < 4.78 is 22.3. The van der Waals surface area contributed by atoms with Crippen LogP contribution < -0.4 is 16.2 Å². The van der Waals surface area contributed by atoms with Crippen molar-refractivity contribution in [1.29, 1.82) is 0 Å². The van der Waals surface area contributed by atoms with Gasteiger partial charge in [-0.05, 0) is 36.4 Å². The van der Waals surface area contributed by atoms with Gasteiger partial charge in [-0.1, -0.05) is 17.7 Å². The minimum atomic E-state index is -3.76. The van der Waals surface area contributed by atoms with Crippen LogP contribution in [0.5, 0.6) is 0 Å². The molecule has 21 heavy (non-hydrogen) atoms. The molecular weight excluding hydrogens is 314 g/mol. The van der Waals surface area contributed by atoms with Crippen molar-refractivity contribution in [1.82, 2.24) is 0 Å². The highest BCUT2D eigenvalue weighted by molar-refractivity contribution is 7.89. The van der Waals surface area contributed by atoms with Crippen molar-refractivity contribution in [3.8, 4) is 0 Å². The zero-order valence-electron chi connectivity index (χ0n) is 10.7. The molecule has 0 aliphatic carbocycles. The van der Waals surface area contributed by atoms with Crippen LogP contribution in [-0.2, 0) is 10.0 Å². The molecule has 6 nitrogen and oxygen atoms in total. The van der Waals surface area contributed by atoms with E-state index in [1.165, 1.54) is 30.3 Å². The molecule has 1 amide bonds. The van der Waals surface area contributed by atoms with Gasteiger partial charge in [0.25, 0.3) is 5.91 Å². The van der Waals surface area contributed by atoms with Crippen molar-refractivity contribution in [2.24, 2.45) is 5.14 Å². The lowest BCUT2D eigenvalue weighted by Crippen LogP contribution is -2.15. The first-order chi connectivity index (χ1) is 9.79. The molecule has 0 saturated carbocycles. The number of carbonyl (C=O) groups excluding carboxylic acids is 1. The molecule has 0 unspecified atom stereocenters. The number of hydrogen-bond donors (Lipinski definition) is 3. The monoisotopic (exact) mass is 325 g/mol. The first-order valence-corrected chi connectivity index (χ1v) is 7.69. The Hall–Kier alpha value is -2.09. The van der Waals surface area contributed by atoms with Crippen molar-refractivity contribution < 1.29 is 13.2 Å². The van der Waals surface area contributed by atoms with Crippen molar-refractivity contribution >= 4 is 38.9 Å². The highest BCUT2D eigenvalue weighted by atomic mass is 35.5. The minimum absolute atomic E-state index is 0.0391. The normalized spacial score (nSPS) is 11.1. The van der Waals surface area contributed by atoms with Gasteiger partial charge in [-0.2, -0.15) is 0 Å². The van der Waals surface area contributed by atoms with E-state index < -0.39 is 15.9 Å². The van der Waals surface area contributed by atoms with Crippen LogP contribution in [0.4, 0.5) is 11.4 Å². The van der Waals surface area contributed by atoms with E-state index >= 15 is 0 Å². The minimum Gasteiger partial charge on any atom is -0.397 e. The predicted molar refractivity (Wildman–Crippen MR) is 81.6 cm³/mol. The van der Waals surface area contributed by atoms with Crippen LogP contribution in [0.2, 0.25) is 5.02 Å². The Kier molecular flexibility index (Phi) is 4.17. The molecule has 0 atom stereocenters. The van der Waals surface area contributed by atoms with Crippen molar-refractivity contribution in [3.63, 3.8) is 0 Å². The number of hydrogen-bond acceptors (Lipinski definition) is 4. The number of nitrogens with two attached hydrogens (primary N) is 2. The number of sulfonamides is 1. The van der Waals surface area contributed by atoms with E-state index in [2.05, 4.69) is 5.32 Å². The van der Waals surface area contributed by atoms with Gasteiger partial charge in [0.2, 0.25) is 10.0 Å². The quantitative estimate of drug-likeness (QED) is 0.746. The van der Waals surface area contributed by atoms with Gasteiger partial charge in [0.05, 0.1) is 21.2 Å². The molecule has 0 spiro atoms. The van der Waals surface area contributed by atoms with Crippen LogP contribution >= 0.6 is 11.6 Å². The summed E-state index contributed by atoms with van der Waals surface area (Å²) in [4.78, 5) is 12.0. The number of primary sulfonamides is 1. The van der Waals surface area contributed by atoms with Gasteiger partial charge in [-0.25, -0.2) is 13.6 Å². The lowest BCUT2D eigenvalue weighted by molar-refractivity contribution is 0.102. The van der Waals surface area contributed by atoms with E-state index in [-0.39, 0.29) is 21.2 Å². The summed E-state index contributed by atoms with van der Waals surface area (Å²) in [6.07, 6.45) is 0. The standard InChI is InChI=1S/C13H12ClN3O3S/c14-11-3-1-2-10(12(11)15)13(18)17-8-4-6-9(7-5-8)21(16,19)20/h1-7H,15H2,(H,17,18)(H2,16,19,20). The number of carbonyl (C=O) groups is 1. The first kappa shape index (κ1) is 15.3. The van der Waals surface area contributed by atoms with Gasteiger partial charge in [0.15, 0.2) is 0 Å². The molecule has 110 valence electrons. The Morgan fingerprint density at radius 1 is 1.10 bits per heavy atom. The lowest BCUT2D eigenvalue weighted by Gasteiger charge is -2.09. The topological polar surface area (TPSA) is 115 Å². The Labute approximate surface area is 126 Å². The van der Waals surface area contributed by atoms with E-state index in [0.717, 1.165) is 0 Å². The van der Waals surface area contributed by atoms with Gasteiger partial charge in [-0.15, -0.1) is 0 Å². The molecule has 0 aromatic heterocycles. The second-order valence-corrected chi connectivity index (χ2v) is 6.19. The van der Waals surface area contributed by atoms with Crippen LogP contribution in [0.15, 0.2) is 47.4 Å². The molecule has 5 N–H and O–H groups in total. The van der Waals surface area contributed by atoms with Crippen molar-refractivity contribution in [2.45, 2.75) is 4.90 Å². The third-order valence-corrected chi connectivity index (χ3v) is 4.00. The maximum atomic E-state index is 12.1. The van der Waals surface area contributed by atoms with Crippen molar-refractivity contribution in [3.05, 3.63) is 53.1 Å². The molecule has 0 fully saturated rings. The Morgan fingerprint density at radius 3 is 2.29 bits per heavy atom. The maximum absolute atomic E-state index is 12.1. The SMILES string of the molecule is Nc1c(Cl)cccc1C(=O)Nc1ccc(S(N)(=O)=O)cc1. The second-order valence-electron chi connectivity index (χ2n) is 4.22. The summed E-state index contributed by atoms with van der Waals surface area (Å²) in [5, 5.41) is 7.87. The van der Waals surface area contributed by atoms with E-state index in [9.17, 15) is 13.2 Å². The van der Waals surface area contributed by atoms with Crippen LogP contribution in [0.25, 0.3) is 0 Å². The highest BCUT2D eigenvalue weighted by Crippen LogP contribution is 2.23. The molecule has 0 radical (unpaired) electrons.